The second kappa shape index (κ2) is 6.11. The smallest absolute Gasteiger partial charge is 0.240 e. The highest BCUT2D eigenvalue weighted by Crippen LogP contribution is 2.22. The molecule has 5 nitrogen and oxygen atoms in total. The minimum absolute atomic E-state index is 0.110. The number of nitrogens with one attached hydrogen (secondary N) is 2. The van der Waals surface area contributed by atoms with E-state index < -0.39 is 16.1 Å². The van der Waals surface area contributed by atoms with Gasteiger partial charge in [0, 0.05) is 18.3 Å². The van der Waals surface area contributed by atoms with E-state index in [2.05, 4.69) is 10.0 Å². The van der Waals surface area contributed by atoms with Crippen LogP contribution in [0.4, 0.5) is 5.69 Å². The fraction of sp³-hybridized carbons (Fsp3) is 0.571. The number of aliphatic hydroxyl groups excluding tert-OH is 1. The summed E-state index contributed by atoms with van der Waals surface area (Å²) in [5.74, 6) is 0.185. The molecule has 0 bridgehead atoms. The maximum atomic E-state index is 12.0. The van der Waals surface area contributed by atoms with Gasteiger partial charge in [-0.15, -0.1) is 0 Å². The zero-order valence-electron chi connectivity index (χ0n) is 11.8. The summed E-state index contributed by atoms with van der Waals surface area (Å²) < 4.78 is 26.6. The molecule has 0 saturated heterocycles. The average Bonchev–Trinajstić information content (AvgIpc) is 3.19. The third-order valence-corrected chi connectivity index (χ3v) is 4.89. The number of anilines is 1. The van der Waals surface area contributed by atoms with Crippen LogP contribution in [0.3, 0.4) is 0 Å². The third-order valence-electron chi connectivity index (χ3n) is 3.35. The predicted octanol–water partition coefficient (Wildman–Crippen LogP) is 1.56. The Kier molecular flexibility index (Phi) is 4.67. The zero-order valence-corrected chi connectivity index (χ0v) is 12.7. The van der Waals surface area contributed by atoms with Gasteiger partial charge in [-0.25, -0.2) is 13.1 Å². The lowest BCUT2D eigenvalue weighted by Gasteiger charge is -2.16. The van der Waals surface area contributed by atoms with Crippen molar-refractivity contribution in [2.45, 2.75) is 43.7 Å². The van der Waals surface area contributed by atoms with Crippen molar-refractivity contribution in [2.75, 3.05) is 11.9 Å². The van der Waals surface area contributed by atoms with Gasteiger partial charge in [0.15, 0.2) is 0 Å². The van der Waals surface area contributed by atoms with E-state index in [1.165, 1.54) is 0 Å². The van der Waals surface area contributed by atoms with Gasteiger partial charge in [-0.3, -0.25) is 0 Å². The first-order valence-electron chi connectivity index (χ1n) is 6.93. The van der Waals surface area contributed by atoms with E-state index in [-0.39, 0.29) is 16.9 Å². The number of rotatable bonds is 7. The van der Waals surface area contributed by atoms with Crippen LogP contribution in [0.25, 0.3) is 0 Å². The zero-order chi connectivity index (χ0) is 14.8. The molecule has 0 aromatic heterocycles. The molecule has 1 fully saturated rings. The molecule has 3 N–H and O–H groups in total. The molecular formula is C14H22N2O3S. The van der Waals surface area contributed by atoms with Crippen LogP contribution in [0, 0.1) is 5.92 Å². The third kappa shape index (κ3) is 4.19. The highest BCUT2D eigenvalue weighted by molar-refractivity contribution is 7.89. The average molecular weight is 298 g/mol. The summed E-state index contributed by atoms with van der Waals surface area (Å²) in [5.41, 5.74) is 0.801. The normalized spacial score (nSPS) is 17.2. The molecule has 112 valence electrons. The van der Waals surface area contributed by atoms with Gasteiger partial charge in [0.05, 0.1) is 11.0 Å². The SMILES string of the molecule is CC(C)C(O)CNc1ccc(S(=O)(=O)NC2CC2)cc1. The van der Waals surface area contributed by atoms with Crippen LogP contribution in [0.2, 0.25) is 0 Å². The van der Waals surface area contributed by atoms with E-state index in [0.29, 0.717) is 6.54 Å². The molecule has 1 atom stereocenters. The van der Waals surface area contributed by atoms with E-state index in [9.17, 15) is 13.5 Å². The Bertz CT molecular complexity index is 536. The Morgan fingerprint density at radius 3 is 2.35 bits per heavy atom. The molecular weight excluding hydrogens is 276 g/mol. The number of sulfonamides is 1. The molecule has 2 rings (SSSR count). The van der Waals surface area contributed by atoms with Gasteiger partial charge in [0.2, 0.25) is 10.0 Å². The molecule has 1 saturated carbocycles. The minimum atomic E-state index is -3.39. The van der Waals surface area contributed by atoms with Gasteiger partial charge in [-0.1, -0.05) is 13.8 Å². The molecule has 0 heterocycles. The Hall–Kier alpha value is -1.11. The van der Waals surface area contributed by atoms with Crippen molar-refractivity contribution in [3.05, 3.63) is 24.3 Å². The second-order valence-electron chi connectivity index (χ2n) is 5.61. The first-order valence-corrected chi connectivity index (χ1v) is 8.41. The Morgan fingerprint density at radius 2 is 1.85 bits per heavy atom. The van der Waals surface area contributed by atoms with Crippen LogP contribution in [-0.2, 0) is 10.0 Å². The molecule has 0 spiro atoms. The van der Waals surface area contributed by atoms with E-state index in [4.69, 9.17) is 0 Å². The van der Waals surface area contributed by atoms with Crippen LogP contribution in [0.15, 0.2) is 29.2 Å². The van der Waals surface area contributed by atoms with E-state index in [1.807, 2.05) is 13.8 Å². The van der Waals surface area contributed by atoms with Crippen LogP contribution >= 0.6 is 0 Å². The van der Waals surface area contributed by atoms with Crippen LogP contribution in [0.5, 0.6) is 0 Å². The highest BCUT2D eigenvalue weighted by atomic mass is 32.2. The molecule has 1 aromatic rings. The first kappa shape index (κ1) is 15.3. The van der Waals surface area contributed by atoms with Crippen molar-refractivity contribution >= 4 is 15.7 Å². The number of aliphatic hydroxyl groups is 1. The molecule has 1 aliphatic rings. The molecule has 1 aromatic carbocycles. The van der Waals surface area contributed by atoms with Gasteiger partial charge >= 0.3 is 0 Å². The molecule has 1 unspecified atom stereocenters. The van der Waals surface area contributed by atoms with Crippen molar-refractivity contribution in [3.63, 3.8) is 0 Å². The van der Waals surface area contributed by atoms with E-state index >= 15 is 0 Å². The molecule has 0 amide bonds. The highest BCUT2D eigenvalue weighted by Gasteiger charge is 2.27. The molecule has 0 radical (unpaired) electrons. The van der Waals surface area contributed by atoms with Gasteiger partial charge in [-0.2, -0.15) is 0 Å². The lowest BCUT2D eigenvalue weighted by atomic mass is 10.1. The molecule has 20 heavy (non-hydrogen) atoms. The second-order valence-corrected chi connectivity index (χ2v) is 7.33. The summed E-state index contributed by atoms with van der Waals surface area (Å²) in [6.45, 7) is 4.35. The summed E-state index contributed by atoms with van der Waals surface area (Å²) in [6, 6.07) is 6.70. The van der Waals surface area contributed by atoms with Crippen molar-refractivity contribution in [2.24, 2.45) is 5.92 Å². The summed E-state index contributed by atoms with van der Waals surface area (Å²) >= 11 is 0. The largest absolute Gasteiger partial charge is 0.391 e. The summed E-state index contributed by atoms with van der Waals surface area (Å²) in [5, 5.41) is 12.8. The van der Waals surface area contributed by atoms with Crippen molar-refractivity contribution in [1.29, 1.82) is 0 Å². The standard InChI is InChI=1S/C14H22N2O3S/c1-10(2)14(17)9-15-11-5-7-13(8-6-11)20(18,19)16-12-3-4-12/h5-8,10,12,14-17H,3-4,9H2,1-2H3. The monoisotopic (exact) mass is 298 g/mol. The first-order chi connectivity index (χ1) is 9.38. The van der Waals surface area contributed by atoms with Gasteiger partial charge in [0.25, 0.3) is 0 Å². The summed E-state index contributed by atoms with van der Waals surface area (Å²) in [7, 11) is -3.39. The van der Waals surface area contributed by atoms with E-state index in [0.717, 1.165) is 18.5 Å². The van der Waals surface area contributed by atoms with Gasteiger partial charge in [-0.05, 0) is 43.0 Å². The number of hydrogen-bond acceptors (Lipinski definition) is 4. The molecule has 0 aliphatic heterocycles. The minimum Gasteiger partial charge on any atom is -0.391 e. The number of benzene rings is 1. The summed E-state index contributed by atoms with van der Waals surface area (Å²) in [6.07, 6.45) is 1.42. The van der Waals surface area contributed by atoms with Crippen LogP contribution in [-0.4, -0.2) is 32.2 Å². The van der Waals surface area contributed by atoms with Gasteiger partial charge < -0.3 is 10.4 Å². The maximum absolute atomic E-state index is 12.0. The topological polar surface area (TPSA) is 78.4 Å². The quantitative estimate of drug-likeness (QED) is 0.714. The van der Waals surface area contributed by atoms with Crippen molar-refractivity contribution in [1.82, 2.24) is 4.72 Å². The lowest BCUT2D eigenvalue weighted by Crippen LogP contribution is -2.26. The fourth-order valence-electron chi connectivity index (χ4n) is 1.70. The van der Waals surface area contributed by atoms with Gasteiger partial charge in [0.1, 0.15) is 0 Å². The Labute approximate surface area is 120 Å². The van der Waals surface area contributed by atoms with Crippen molar-refractivity contribution in [3.8, 4) is 0 Å². The molecule has 6 heteroatoms. The Balaban J connectivity index is 1.95. The van der Waals surface area contributed by atoms with Crippen molar-refractivity contribution < 1.29 is 13.5 Å². The lowest BCUT2D eigenvalue weighted by molar-refractivity contribution is 0.138. The maximum Gasteiger partial charge on any atom is 0.240 e. The number of hydrogen-bond donors (Lipinski definition) is 3. The fourth-order valence-corrected chi connectivity index (χ4v) is 3.00. The van der Waals surface area contributed by atoms with E-state index in [1.54, 1.807) is 24.3 Å². The van der Waals surface area contributed by atoms with Crippen LogP contribution < -0.4 is 10.0 Å². The predicted molar refractivity (Wildman–Crippen MR) is 79.1 cm³/mol. The molecule has 1 aliphatic carbocycles. The summed E-state index contributed by atoms with van der Waals surface area (Å²) in [4.78, 5) is 0.277. The Morgan fingerprint density at radius 1 is 1.25 bits per heavy atom. The van der Waals surface area contributed by atoms with Crippen LogP contribution in [0.1, 0.15) is 26.7 Å².